The number of carbonyl (C=O) groups excluding carboxylic acids is 2. The van der Waals surface area contributed by atoms with Crippen molar-refractivity contribution in [3.63, 3.8) is 0 Å². The van der Waals surface area contributed by atoms with Crippen molar-refractivity contribution in [3.8, 4) is 5.75 Å². The maximum Gasteiger partial charge on any atom is 0.252 e. The lowest BCUT2D eigenvalue weighted by atomic mass is 10.00. The van der Waals surface area contributed by atoms with Crippen molar-refractivity contribution in [2.75, 3.05) is 5.75 Å². The minimum Gasteiger partial charge on any atom is -0.507 e. The van der Waals surface area contributed by atoms with E-state index >= 15 is 0 Å². The number of carbonyl (C=O) groups is 2. The molecule has 6 nitrogen and oxygen atoms in total. The summed E-state index contributed by atoms with van der Waals surface area (Å²) in [5.74, 6) is -0.720. The Morgan fingerprint density at radius 2 is 2.00 bits per heavy atom. The van der Waals surface area contributed by atoms with Gasteiger partial charge < -0.3 is 21.1 Å². The minimum atomic E-state index is -1.22. The zero-order valence-electron chi connectivity index (χ0n) is 10.9. The predicted molar refractivity (Wildman–Crippen MR) is 75.3 cm³/mol. The largest absolute Gasteiger partial charge is 0.507 e. The summed E-state index contributed by atoms with van der Waals surface area (Å²) in [6, 6.07) is 3.87. The van der Waals surface area contributed by atoms with Crippen LogP contribution >= 0.6 is 11.8 Å². The van der Waals surface area contributed by atoms with Gasteiger partial charge in [0, 0.05) is 12.7 Å². The topological polar surface area (TPSA) is 121 Å². The third-order valence-electron chi connectivity index (χ3n) is 2.71. The van der Waals surface area contributed by atoms with Crippen LogP contribution in [0.25, 0.3) is 0 Å². The first-order valence-corrected chi connectivity index (χ1v) is 6.93. The quantitative estimate of drug-likeness (QED) is 0.609. The second-order valence-corrected chi connectivity index (χ2v) is 5.55. The molecule has 2 unspecified atom stereocenters. The van der Waals surface area contributed by atoms with Crippen LogP contribution in [0.15, 0.2) is 18.2 Å². The lowest BCUT2D eigenvalue weighted by Crippen LogP contribution is -2.20. The van der Waals surface area contributed by atoms with E-state index in [0.717, 1.165) is 11.8 Å². The zero-order chi connectivity index (χ0) is 15.3. The Balaban J connectivity index is 2.76. The first-order chi connectivity index (χ1) is 9.32. The molecule has 0 bridgehead atoms. The van der Waals surface area contributed by atoms with Crippen molar-refractivity contribution in [3.05, 3.63) is 29.3 Å². The fourth-order valence-corrected chi connectivity index (χ4v) is 2.29. The Hall–Kier alpha value is -1.57. The van der Waals surface area contributed by atoms with Crippen molar-refractivity contribution < 1.29 is 24.9 Å². The lowest BCUT2D eigenvalue weighted by Gasteiger charge is -2.18. The second kappa shape index (κ2) is 7.28. The van der Waals surface area contributed by atoms with Crippen molar-refractivity contribution >= 4 is 22.8 Å². The van der Waals surface area contributed by atoms with Gasteiger partial charge in [-0.05, 0) is 24.1 Å². The SMILES string of the molecule is CC(=O)SCCC(O)C(O)c1ccc(O)c(C(N)=O)c1. The first-order valence-electron chi connectivity index (χ1n) is 5.95. The number of phenols is 1. The number of thioether (sulfide) groups is 1. The van der Waals surface area contributed by atoms with Crippen LogP contribution in [-0.2, 0) is 4.79 Å². The van der Waals surface area contributed by atoms with Gasteiger partial charge in [0.25, 0.3) is 5.91 Å². The molecule has 0 aliphatic rings. The summed E-state index contributed by atoms with van der Waals surface area (Å²) in [5, 5.41) is 29.2. The number of hydrogen-bond acceptors (Lipinski definition) is 6. The van der Waals surface area contributed by atoms with Crippen LogP contribution in [0.1, 0.15) is 35.4 Å². The number of nitrogens with two attached hydrogens (primary N) is 1. The highest BCUT2D eigenvalue weighted by atomic mass is 32.2. The van der Waals surface area contributed by atoms with Gasteiger partial charge >= 0.3 is 0 Å². The van der Waals surface area contributed by atoms with Gasteiger partial charge in [-0.2, -0.15) is 0 Å². The Kier molecular flexibility index (Phi) is 6.00. The van der Waals surface area contributed by atoms with Crippen LogP contribution < -0.4 is 5.73 Å². The van der Waals surface area contributed by atoms with E-state index in [-0.39, 0.29) is 28.4 Å². The summed E-state index contributed by atoms with van der Waals surface area (Å²) >= 11 is 1.06. The number of amides is 1. The highest BCUT2D eigenvalue weighted by Gasteiger charge is 2.20. The highest BCUT2D eigenvalue weighted by Crippen LogP contribution is 2.25. The summed E-state index contributed by atoms with van der Waals surface area (Å²) in [6.07, 6.45) is -2.08. The van der Waals surface area contributed by atoms with E-state index < -0.39 is 18.1 Å². The van der Waals surface area contributed by atoms with Crippen molar-refractivity contribution in [2.45, 2.75) is 25.6 Å². The average molecular weight is 299 g/mol. The van der Waals surface area contributed by atoms with Crippen LogP contribution in [0.2, 0.25) is 0 Å². The van der Waals surface area contributed by atoms with Gasteiger partial charge in [-0.15, -0.1) is 0 Å². The monoisotopic (exact) mass is 299 g/mol. The third kappa shape index (κ3) is 4.52. The molecule has 0 saturated carbocycles. The van der Waals surface area contributed by atoms with Crippen LogP contribution in [0.3, 0.4) is 0 Å². The molecule has 1 rings (SSSR count). The van der Waals surface area contributed by atoms with Crippen molar-refractivity contribution in [2.24, 2.45) is 5.73 Å². The molecular formula is C13H17NO5S. The molecule has 1 aromatic rings. The fraction of sp³-hybridized carbons (Fsp3) is 0.385. The number of hydrogen-bond donors (Lipinski definition) is 4. The van der Waals surface area contributed by atoms with Crippen LogP contribution in [0, 0.1) is 0 Å². The van der Waals surface area contributed by atoms with Crippen LogP contribution in [0.5, 0.6) is 5.75 Å². The van der Waals surface area contributed by atoms with E-state index in [1.807, 2.05) is 0 Å². The number of benzene rings is 1. The molecule has 0 aromatic heterocycles. The number of aliphatic hydroxyl groups is 2. The van der Waals surface area contributed by atoms with Gasteiger partial charge in [0.1, 0.15) is 11.9 Å². The first kappa shape index (κ1) is 16.5. The van der Waals surface area contributed by atoms with E-state index in [2.05, 4.69) is 0 Å². The summed E-state index contributed by atoms with van der Waals surface area (Å²) in [4.78, 5) is 21.9. The molecule has 7 heteroatoms. The Morgan fingerprint density at radius 1 is 1.35 bits per heavy atom. The lowest BCUT2D eigenvalue weighted by molar-refractivity contribution is -0.109. The molecule has 0 radical (unpaired) electrons. The van der Waals surface area contributed by atoms with E-state index in [9.17, 15) is 24.9 Å². The van der Waals surface area contributed by atoms with Gasteiger partial charge in [0.2, 0.25) is 0 Å². The molecule has 0 spiro atoms. The number of aliphatic hydroxyl groups excluding tert-OH is 2. The molecule has 1 aromatic carbocycles. The second-order valence-electron chi connectivity index (χ2n) is 4.28. The zero-order valence-corrected chi connectivity index (χ0v) is 11.8. The van der Waals surface area contributed by atoms with Gasteiger partial charge in [0.15, 0.2) is 5.12 Å². The maximum atomic E-state index is 11.1. The third-order valence-corrected chi connectivity index (χ3v) is 3.56. The molecule has 1 amide bonds. The van der Waals surface area contributed by atoms with Gasteiger partial charge in [-0.25, -0.2) is 0 Å². The molecule has 0 heterocycles. The molecule has 5 N–H and O–H groups in total. The number of primary amides is 1. The smallest absolute Gasteiger partial charge is 0.252 e. The number of rotatable bonds is 6. The van der Waals surface area contributed by atoms with Gasteiger partial charge in [0.05, 0.1) is 11.7 Å². The predicted octanol–water partition coefficient (Wildman–Crippen LogP) is 0.555. The van der Waals surface area contributed by atoms with E-state index in [0.29, 0.717) is 5.75 Å². The van der Waals surface area contributed by atoms with Crippen molar-refractivity contribution in [1.29, 1.82) is 0 Å². The van der Waals surface area contributed by atoms with Gasteiger partial charge in [-0.1, -0.05) is 17.8 Å². The van der Waals surface area contributed by atoms with E-state index in [1.165, 1.54) is 25.1 Å². The van der Waals surface area contributed by atoms with E-state index in [1.54, 1.807) is 0 Å². The number of aromatic hydroxyl groups is 1. The normalized spacial score (nSPS) is 13.8. The Labute approximate surface area is 120 Å². The van der Waals surface area contributed by atoms with Gasteiger partial charge in [-0.3, -0.25) is 9.59 Å². The average Bonchev–Trinajstić information content (AvgIpc) is 2.37. The van der Waals surface area contributed by atoms with E-state index in [4.69, 9.17) is 5.73 Å². The molecule has 0 aliphatic heterocycles. The maximum absolute atomic E-state index is 11.1. The Morgan fingerprint density at radius 3 is 2.55 bits per heavy atom. The Bertz CT molecular complexity index is 506. The fourth-order valence-electron chi connectivity index (χ4n) is 1.64. The molecular weight excluding hydrogens is 282 g/mol. The summed E-state index contributed by atoms with van der Waals surface area (Å²) in [6.45, 7) is 1.42. The molecule has 2 atom stereocenters. The summed E-state index contributed by atoms with van der Waals surface area (Å²) < 4.78 is 0. The molecule has 110 valence electrons. The minimum absolute atomic E-state index is 0.0627. The molecule has 0 saturated heterocycles. The standard InChI is InChI=1S/C13H17NO5S/c1-7(15)20-5-4-11(17)12(18)8-2-3-10(16)9(6-8)13(14)19/h2-3,6,11-12,16-18H,4-5H2,1H3,(H2,14,19). The molecule has 0 fully saturated rings. The summed E-state index contributed by atoms with van der Waals surface area (Å²) in [5.41, 5.74) is 5.25. The van der Waals surface area contributed by atoms with Crippen LogP contribution in [0.4, 0.5) is 0 Å². The highest BCUT2D eigenvalue weighted by molar-refractivity contribution is 8.13. The van der Waals surface area contributed by atoms with Crippen LogP contribution in [-0.4, -0.2) is 38.2 Å². The molecule has 20 heavy (non-hydrogen) atoms. The molecule has 0 aliphatic carbocycles. The summed E-state index contributed by atoms with van der Waals surface area (Å²) in [7, 11) is 0. The van der Waals surface area contributed by atoms with Crippen molar-refractivity contribution in [1.82, 2.24) is 0 Å².